The molecule has 1 aliphatic heterocycles. The van der Waals surface area contributed by atoms with E-state index in [0.29, 0.717) is 5.56 Å². The number of likely N-dealkylation sites (tertiary alicyclic amines) is 1. The molecule has 0 spiro atoms. The van der Waals surface area contributed by atoms with Crippen molar-refractivity contribution in [3.05, 3.63) is 64.7 Å². The van der Waals surface area contributed by atoms with Crippen molar-refractivity contribution in [2.75, 3.05) is 32.0 Å². The van der Waals surface area contributed by atoms with Crippen LogP contribution in [0.3, 0.4) is 0 Å². The molecule has 0 saturated carbocycles. The van der Waals surface area contributed by atoms with Crippen LogP contribution >= 0.6 is 0 Å². The fourth-order valence-corrected chi connectivity index (χ4v) is 3.83. The molecule has 0 radical (unpaired) electrons. The summed E-state index contributed by atoms with van der Waals surface area (Å²) >= 11 is 0. The van der Waals surface area contributed by atoms with E-state index < -0.39 is 0 Å². The highest BCUT2D eigenvalue weighted by Gasteiger charge is 2.17. The molecular formula is C24H31N3O2. The maximum atomic E-state index is 12.7. The number of nitrogens with one attached hydrogen (secondary N) is 1. The molecule has 5 nitrogen and oxygen atoms in total. The number of nitrogens with zero attached hydrogens (tertiary/aromatic N) is 2. The number of amides is 2. The number of para-hydroxylation sites is 1. The Balaban J connectivity index is 1.55. The summed E-state index contributed by atoms with van der Waals surface area (Å²) < 4.78 is 0. The first-order valence-corrected chi connectivity index (χ1v) is 10.4. The van der Waals surface area contributed by atoms with E-state index in [4.69, 9.17) is 0 Å². The van der Waals surface area contributed by atoms with Gasteiger partial charge in [0.2, 0.25) is 5.91 Å². The lowest BCUT2D eigenvalue weighted by Gasteiger charge is -2.26. The molecule has 1 saturated heterocycles. The average Bonchev–Trinajstić information content (AvgIpc) is 2.71. The topological polar surface area (TPSA) is 52.7 Å². The average molecular weight is 394 g/mol. The first kappa shape index (κ1) is 21.1. The van der Waals surface area contributed by atoms with Gasteiger partial charge >= 0.3 is 0 Å². The number of rotatable bonds is 6. The summed E-state index contributed by atoms with van der Waals surface area (Å²) in [6, 6.07) is 13.7. The Bertz CT molecular complexity index is 835. The van der Waals surface area contributed by atoms with Gasteiger partial charge in [-0.3, -0.25) is 14.5 Å². The van der Waals surface area contributed by atoms with Crippen molar-refractivity contribution in [1.82, 2.24) is 9.80 Å². The zero-order valence-corrected chi connectivity index (χ0v) is 17.7. The Morgan fingerprint density at radius 2 is 1.59 bits per heavy atom. The second-order valence-corrected chi connectivity index (χ2v) is 8.01. The van der Waals surface area contributed by atoms with Crippen molar-refractivity contribution >= 4 is 17.5 Å². The number of piperidine rings is 1. The molecule has 1 fully saturated rings. The number of likely N-dealkylation sites (N-methyl/N-ethyl adjacent to an activating group) is 1. The molecule has 0 bridgehead atoms. The summed E-state index contributed by atoms with van der Waals surface area (Å²) in [6.07, 6.45) is 3.87. The minimum absolute atomic E-state index is 0.0160. The summed E-state index contributed by atoms with van der Waals surface area (Å²) in [6.45, 7) is 7.17. The Hall–Kier alpha value is -2.66. The van der Waals surface area contributed by atoms with E-state index in [1.54, 1.807) is 7.05 Å². The quantitative estimate of drug-likeness (QED) is 0.807. The fourth-order valence-electron chi connectivity index (χ4n) is 3.83. The molecule has 1 N–H and O–H groups in total. The third kappa shape index (κ3) is 5.67. The molecule has 0 unspecified atom stereocenters. The lowest BCUT2D eigenvalue weighted by Crippen LogP contribution is -2.35. The van der Waals surface area contributed by atoms with Gasteiger partial charge in [-0.25, -0.2) is 0 Å². The third-order valence-electron chi connectivity index (χ3n) is 5.53. The van der Waals surface area contributed by atoms with Gasteiger partial charge in [-0.05, 0) is 68.6 Å². The number of hydrogen-bond acceptors (Lipinski definition) is 3. The molecular weight excluding hydrogens is 362 g/mol. The highest BCUT2D eigenvalue weighted by atomic mass is 16.2. The van der Waals surface area contributed by atoms with Gasteiger partial charge in [0.15, 0.2) is 0 Å². The van der Waals surface area contributed by atoms with Crippen molar-refractivity contribution in [1.29, 1.82) is 0 Å². The summed E-state index contributed by atoms with van der Waals surface area (Å²) in [5.74, 6) is -0.342. The third-order valence-corrected chi connectivity index (χ3v) is 5.53. The van der Waals surface area contributed by atoms with Crippen LogP contribution in [0.1, 0.15) is 46.3 Å². The van der Waals surface area contributed by atoms with Crippen LogP contribution in [0.4, 0.5) is 5.69 Å². The zero-order chi connectivity index (χ0) is 20.8. The minimum atomic E-state index is -0.194. The maximum Gasteiger partial charge on any atom is 0.254 e. The highest BCUT2D eigenvalue weighted by molar-refractivity contribution is 5.99. The second-order valence-electron chi connectivity index (χ2n) is 8.01. The van der Waals surface area contributed by atoms with Crippen LogP contribution in [0.25, 0.3) is 0 Å². The number of aryl methyl sites for hydroxylation is 2. The van der Waals surface area contributed by atoms with E-state index in [0.717, 1.165) is 36.4 Å². The molecule has 3 rings (SSSR count). The normalized spacial score (nSPS) is 14.4. The van der Waals surface area contributed by atoms with Gasteiger partial charge < -0.3 is 10.2 Å². The first-order chi connectivity index (χ1) is 13.9. The largest absolute Gasteiger partial charge is 0.332 e. The van der Waals surface area contributed by atoms with E-state index in [1.165, 1.54) is 29.7 Å². The Kier molecular flexibility index (Phi) is 7.04. The summed E-state index contributed by atoms with van der Waals surface area (Å²) in [7, 11) is 1.66. The second kappa shape index (κ2) is 9.70. The molecule has 29 heavy (non-hydrogen) atoms. The molecule has 2 aromatic rings. The molecule has 0 atom stereocenters. The number of carbonyl (C=O) groups is 2. The van der Waals surface area contributed by atoms with E-state index in [9.17, 15) is 9.59 Å². The number of benzene rings is 2. The van der Waals surface area contributed by atoms with Crippen LogP contribution < -0.4 is 5.32 Å². The van der Waals surface area contributed by atoms with Crippen LogP contribution in [-0.4, -0.2) is 48.3 Å². The van der Waals surface area contributed by atoms with Gasteiger partial charge in [0.25, 0.3) is 5.91 Å². The Labute approximate surface area is 173 Å². The van der Waals surface area contributed by atoms with Crippen molar-refractivity contribution in [2.45, 2.75) is 39.7 Å². The zero-order valence-electron chi connectivity index (χ0n) is 17.7. The molecule has 1 heterocycles. The SMILES string of the molecule is Cc1cccc(C)c1NC(=O)CN(C)C(=O)c1ccc(CN2CCCCC2)cc1. The predicted octanol–water partition coefficient (Wildman–Crippen LogP) is 4.00. The summed E-state index contributed by atoms with van der Waals surface area (Å²) in [5, 5.41) is 2.93. The van der Waals surface area contributed by atoms with Crippen molar-refractivity contribution in [2.24, 2.45) is 0 Å². The van der Waals surface area contributed by atoms with Crippen LogP contribution in [0, 0.1) is 13.8 Å². The van der Waals surface area contributed by atoms with Gasteiger partial charge in [-0.15, -0.1) is 0 Å². The number of anilines is 1. The van der Waals surface area contributed by atoms with Crippen molar-refractivity contribution in [3.63, 3.8) is 0 Å². The Morgan fingerprint density at radius 1 is 0.966 bits per heavy atom. The van der Waals surface area contributed by atoms with E-state index >= 15 is 0 Å². The summed E-state index contributed by atoms with van der Waals surface area (Å²) in [5.41, 5.74) is 4.67. The van der Waals surface area contributed by atoms with Crippen LogP contribution in [-0.2, 0) is 11.3 Å². The van der Waals surface area contributed by atoms with Gasteiger partial charge in [0, 0.05) is 24.8 Å². The fraction of sp³-hybridized carbons (Fsp3) is 0.417. The summed E-state index contributed by atoms with van der Waals surface area (Å²) in [4.78, 5) is 29.1. The smallest absolute Gasteiger partial charge is 0.254 e. The van der Waals surface area contributed by atoms with E-state index in [1.807, 2.05) is 56.3 Å². The molecule has 2 amide bonds. The monoisotopic (exact) mass is 393 g/mol. The van der Waals surface area contributed by atoms with Gasteiger partial charge in [-0.2, -0.15) is 0 Å². The van der Waals surface area contributed by atoms with Crippen LogP contribution in [0.2, 0.25) is 0 Å². The maximum absolute atomic E-state index is 12.7. The van der Waals surface area contributed by atoms with Crippen LogP contribution in [0.5, 0.6) is 0 Å². The van der Waals surface area contributed by atoms with E-state index in [-0.39, 0.29) is 18.4 Å². The highest BCUT2D eigenvalue weighted by Crippen LogP contribution is 2.19. The Morgan fingerprint density at radius 3 is 2.21 bits per heavy atom. The molecule has 1 aliphatic rings. The van der Waals surface area contributed by atoms with Gasteiger partial charge in [0.1, 0.15) is 0 Å². The molecule has 2 aromatic carbocycles. The predicted molar refractivity (Wildman–Crippen MR) is 117 cm³/mol. The lowest BCUT2D eigenvalue weighted by atomic mass is 10.1. The van der Waals surface area contributed by atoms with Crippen molar-refractivity contribution < 1.29 is 9.59 Å². The minimum Gasteiger partial charge on any atom is -0.332 e. The number of carbonyl (C=O) groups excluding carboxylic acids is 2. The van der Waals surface area contributed by atoms with Gasteiger partial charge in [-0.1, -0.05) is 36.8 Å². The molecule has 5 heteroatoms. The molecule has 154 valence electrons. The number of hydrogen-bond donors (Lipinski definition) is 1. The molecule has 0 aromatic heterocycles. The standard InChI is InChI=1S/C24H31N3O2/c1-18-8-7-9-19(2)23(18)25-22(28)17-26(3)24(29)21-12-10-20(11-13-21)16-27-14-5-4-6-15-27/h7-13H,4-6,14-17H2,1-3H3,(H,25,28). The first-order valence-electron chi connectivity index (χ1n) is 10.4. The van der Waals surface area contributed by atoms with Crippen LogP contribution in [0.15, 0.2) is 42.5 Å². The van der Waals surface area contributed by atoms with Crippen molar-refractivity contribution in [3.8, 4) is 0 Å². The lowest BCUT2D eigenvalue weighted by molar-refractivity contribution is -0.116. The van der Waals surface area contributed by atoms with Gasteiger partial charge in [0.05, 0.1) is 6.54 Å². The van der Waals surface area contributed by atoms with E-state index in [2.05, 4.69) is 10.2 Å². The molecule has 0 aliphatic carbocycles.